The van der Waals surface area contributed by atoms with Gasteiger partial charge in [-0.1, -0.05) is 11.6 Å². The van der Waals surface area contributed by atoms with Gasteiger partial charge in [-0.2, -0.15) is 0 Å². The average molecular weight is 254 g/mol. The number of benzene rings is 1. The summed E-state index contributed by atoms with van der Waals surface area (Å²) in [5, 5.41) is 0.798. The van der Waals surface area contributed by atoms with E-state index in [0.29, 0.717) is 6.54 Å². The standard InChI is InChI=1S/C13H20ClN3/c1-16-6-8-17(9-7-16)13-3-2-12(14)10-11(13)4-5-15/h2-3,10H,4-9,15H2,1H3. The van der Waals surface area contributed by atoms with Crippen molar-refractivity contribution in [3.8, 4) is 0 Å². The van der Waals surface area contributed by atoms with Crippen molar-refractivity contribution < 1.29 is 0 Å². The lowest BCUT2D eigenvalue weighted by molar-refractivity contribution is 0.312. The third-order valence-electron chi connectivity index (χ3n) is 3.30. The highest BCUT2D eigenvalue weighted by Crippen LogP contribution is 2.25. The molecule has 0 bridgehead atoms. The van der Waals surface area contributed by atoms with Gasteiger partial charge in [-0.15, -0.1) is 0 Å². The Bertz CT molecular complexity index is 373. The Kier molecular flexibility index (Phi) is 4.26. The van der Waals surface area contributed by atoms with Crippen LogP contribution in [0.1, 0.15) is 5.56 Å². The molecule has 4 heteroatoms. The molecule has 1 aliphatic rings. The highest BCUT2D eigenvalue weighted by atomic mass is 35.5. The lowest BCUT2D eigenvalue weighted by Gasteiger charge is -2.35. The van der Waals surface area contributed by atoms with Gasteiger partial charge in [-0.25, -0.2) is 0 Å². The van der Waals surface area contributed by atoms with Crippen LogP contribution >= 0.6 is 11.6 Å². The number of anilines is 1. The maximum Gasteiger partial charge on any atom is 0.0410 e. The van der Waals surface area contributed by atoms with Crippen LogP contribution < -0.4 is 10.6 Å². The summed E-state index contributed by atoms with van der Waals surface area (Å²) in [6.45, 7) is 5.06. The summed E-state index contributed by atoms with van der Waals surface area (Å²) in [5.41, 5.74) is 8.23. The van der Waals surface area contributed by atoms with E-state index in [1.54, 1.807) is 0 Å². The molecular weight excluding hydrogens is 234 g/mol. The van der Waals surface area contributed by atoms with Crippen molar-refractivity contribution in [3.63, 3.8) is 0 Å². The zero-order valence-corrected chi connectivity index (χ0v) is 11.1. The maximum atomic E-state index is 6.05. The number of rotatable bonds is 3. The van der Waals surface area contributed by atoms with Crippen LogP contribution in [-0.4, -0.2) is 44.7 Å². The maximum absolute atomic E-state index is 6.05. The topological polar surface area (TPSA) is 32.5 Å². The summed E-state index contributed by atoms with van der Waals surface area (Å²) >= 11 is 6.05. The molecule has 1 aliphatic heterocycles. The van der Waals surface area contributed by atoms with Crippen molar-refractivity contribution >= 4 is 17.3 Å². The number of piperazine rings is 1. The molecule has 0 aromatic heterocycles. The summed E-state index contributed by atoms with van der Waals surface area (Å²) in [4.78, 5) is 4.79. The Morgan fingerprint density at radius 2 is 1.94 bits per heavy atom. The van der Waals surface area contributed by atoms with Crippen LogP contribution in [0.15, 0.2) is 18.2 Å². The third-order valence-corrected chi connectivity index (χ3v) is 3.53. The molecule has 1 fully saturated rings. The van der Waals surface area contributed by atoms with E-state index in [1.165, 1.54) is 11.3 Å². The van der Waals surface area contributed by atoms with Crippen molar-refractivity contribution in [1.29, 1.82) is 0 Å². The monoisotopic (exact) mass is 253 g/mol. The molecule has 0 aliphatic carbocycles. The molecule has 17 heavy (non-hydrogen) atoms. The van der Waals surface area contributed by atoms with Crippen LogP contribution in [0.25, 0.3) is 0 Å². The second kappa shape index (κ2) is 5.71. The lowest BCUT2D eigenvalue weighted by Crippen LogP contribution is -2.44. The van der Waals surface area contributed by atoms with Gasteiger partial charge >= 0.3 is 0 Å². The van der Waals surface area contributed by atoms with Crippen molar-refractivity contribution in [2.24, 2.45) is 5.73 Å². The molecule has 0 saturated carbocycles. The van der Waals surface area contributed by atoms with E-state index in [-0.39, 0.29) is 0 Å². The zero-order valence-electron chi connectivity index (χ0n) is 10.3. The van der Waals surface area contributed by atoms with E-state index in [0.717, 1.165) is 37.6 Å². The molecule has 2 rings (SSSR count). The molecule has 2 N–H and O–H groups in total. The van der Waals surface area contributed by atoms with Gasteiger partial charge in [0.2, 0.25) is 0 Å². The van der Waals surface area contributed by atoms with Gasteiger partial charge in [-0.05, 0) is 43.8 Å². The summed E-state index contributed by atoms with van der Waals surface area (Å²) in [7, 11) is 2.17. The van der Waals surface area contributed by atoms with Crippen LogP contribution in [0.2, 0.25) is 5.02 Å². The van der Waals surface area contributed by atoms with Crippen molar-refractivity contribution in [1.82, 2.24) is 4.90 Å². The van der Waals surface area contributed by atoms with Gasteiger partial charge in [0.15, 0.2) is 0 Å². The molecule has 1 aromatic carbocycles. The Balaban J connectivity index is 2.18. The smallest absolute Gasteiger partial charge is 0.0410 e. The SMILES string of the molecule is CN1CCN(c2ccc(Cl)cc2CCN)CC1. The number of nitrogens with zero attached hydrogens (tertiary/aromatic N) is 2. The van der Waals surface area contributed by atoms with E-state index in [2.05, 4.69) is 22.9 Å². The Hall–Kier alpha value is -0.770. The molecule has 0 atom stereocenters. The minimum Gasteiger partial charge on any atom is -0.369 e. The Morgan fingerprint density at radius 1 is 1.24 bits per heavy atom. The quantitative estimate of drug-likeness (QED) is 0.888. The number of nitrogens with two attached hydrogens (primary N) is 1. The molecule has 0 spiro atoms. The fraction of sp³-hybridized carbons (Fsp3) is 0.538. The van der Waals surface area contributed by atoms with Crippen molar-refractivity contribution in [2.45, 2.75) is 6.42 Å². The fourth-order valence-corrected chi connectivity index (χ4v) is 2.46. The van der Waals surface area contributed by atoms with Gasteiger partial charge in [-0.3, -0.25) is 0 Å². The van der Waals surface area contributed by atoms with Gasteiger partial charge in [0.05, 0.1) is 0 Å². The minimum absolute atomic E-state index is 0.668. The number of halogens is 1. The normalized spacial score (nSPS) is 17.5. The van der Waals surface area contributed by atoms with E-state index in [1.807, 2.05) is 12.1 Å². The van der Waals surface area contributed by atoms with E-state index in [4.69, 9.17) is 17.3 Å². The molecule has 1 saturated heterocycles. The predicted molar refractivity (Wildman–Crippen MR) is 73.9 cm³/mol. The third kappa shape index (κ3) is 3.12. The highest BCUT2D eigenvalue weighted by molar-refractivity contribution is 6.30. The van der Waals surface area contributed by atoms with Crippen LogP contribution in [0.4, 0.5) is 5.69 Å². The molecule has 1 heterocycles. The summed E-state index contributed by atoms with van der Waals surface area (Å²) in [6, 6.07) is 6.13. The highest BCUT2D eigenvalue weighted by Gasteiger charge is 2.16. The number of hydrogen-bond acceptors (Lipinski definition) is 3. The molecule has 0 radical (unpaired) electrons. The van der Waals surface area contributed by atoms with Crippen LogP contribution in [0, 0.1) is 0 Å². The molecular formula is C13H20ClN3. The zero-order chi connectivity index (χ0) is 12.3. The van der Waals surface area contributed by atoms with Gasteiger partial charge in [0.25, 0.3) is 0 Å². The van der Waals surface area contributed by atoms with E-state index >= 15 is 0 Å². The van der Waals surface area contributed by atoms with E-state index < -0.39 is 0 Å². The largest absolute Gasteiger partial charge is 0.369 e. The molecule has 94 valence electrons. The predicted octanol–water partition coefficient (Wildman–Crippen LogP) is 1.59. The number of hydrogen-bond donors (Lipinski definition) is 1. The second-order valence-corrected chi connectivity index (χ2v) is 5.04. The van der Waals surface area contributed by atoms with Crippen LogP contribution in [-0.2, 0) is 6.42 Å². The molecule has 0 amide bonds. The first-order valence-electron chi connectivity index (χ1n) is 6.12. The van der Waals surface area contributed by atoms with Gasteiger partial charge < -0.3 is 15.5 Å². The minimum atomic E-state index is 0.668. The van der Waals surface area contributed by atoms with Crippen LogP contribution in [0.3, 0.4) is 0 Å². The Labute approximate surface area is 108 Å². The first-order valence-corrected chi connectivity index (χ1v) is 6.50. The first-order chi connectivity index (χ1) is 8.20. The van der Waals surface area contributed by atoms with Crippen LogP contribution in [0.5, 0.6) is 0 Å². The summed E-state index contributed by atoms with van der Waals surface area (Å²) in [6.07, 6.45) is 0.891. The lowest BCUT2D eigenvalue weighted by atomic mass is 10.1. The second-order valence-electron chi connectivity index (χ2n) is 4.60. The fourth-order valence-electron chi connectivity index (χ4n) is 2.27. The first kappa shape index (κ1) is 12.7. The molecule has 0 unspecified atom stereocenters. The molecule has 3 nitrogen and oxygen atoms in total. The Morgan fingerprint density at radius 3 is 2.59 bits per heavy atom. The average Bonchev–Trinajstić information content (AvgIpc) is 2.31. The molecule has 1 aromatic rings. The van der Waals surface area contributed by atoms with Gasteiger partial charge in [0.1, 0.15) is 0 Å². The summed E-state index contributed by atoms with van der Waals surface area (Å²) in [5.74, 6) is 0. The summed E-state index contributed by atoms with van der Waals surface area (Å²) < 4.78 is 0. The van der Waals surface area contributed by atoms with E-state index in [9.17, 15) is 0 Å². The van der Waals surface area contributed by atoms with Gasteiger partial charge in [0, 0.05) is 36.9 Å². The van der Waals surface area contributed by atoms with Crippen molar-refractivity contribution in [3.05, 3.63) is 28.8 Å². The van der Waals surface area contributed by atoms with Crippen molar-refractivity contribution in [2.75, 3.05) is 44.7 Å². The number of likely N-dealkylation sites (N-methyl/N-ethyl adjacent to an activating group) is 1.